The molecule has 0 amide bonds. The number of nitrogens with two attached hydrogens (primary N) is 1. The van der Waals surface area contributed by atoms with Crippen LogP contribution >= 0.6 is 0 Å². The lowest BCUT2D eigenvalue weighted by Crippen LogP contribution is -2.48. The second-order valence-electron chi connectivity index (χ2n) is 6.67. The Kier molecular flexibility index (Phi) is 5.95. The summed E-state index contributed by atoms with van der Waals surface area (Å²) in [5, 5.41) is 0. The number of benzene rings is 1. The fraction of sp³-hybridized carbons (Fsp3) is 0.562. The molecule has 23 heavy (non-hydrogen) atoms. The Hall–Kier alpha value is -1.44. The van der Waals surface area contributed by atoms with Crippen molar-refractivity contribution in [2.75, 3.05) is 6.54 Å². The molecule has 1 aromatic rings. The number of hydrogen-bond donors (Lipinski definition) is 2. The van der Waals surface area contributed by atoms with Crippen molar-refractivity contribution in [3.8, 4) is 0 Å². The number of ether oxygens (including phenoxy) is 1. The first-order valence-corrected chi connectivity index (χ1v) is 8.89. The number of nitrogens with one attached hydrogen (secondary N) is 1. The maximum absolute atomic E-state index is 12.7. The molecular formula is C16H26N2O4S. The SMILES string of the molecule is Cc1cc(C)c(S(=O)(=O)N[C@@H](CN)C(=O)OC(C)(C)C)c(C)c1. The van der Waals surface area contributed by atoms with E-state index in [1.807, 2.05) is 6.92 Å². The Balaban J connectivity index is 3.12. The molecule has 0 aliphatic carbocycles. The van der Waals surface area contributed by atoms with Crippen LogP contribution in [-0.4, -0.2) is 32.6 Å². The standard InChI is InChI=1S/C16H26N2O4S/c1-10-7-11(2)14(12(3)8-10)23(20,21)18-13(9-17)15(19)22-16(4,5)6/h7-8,13,18H,9,17H2,1-6H3/t13-/m0/s1. The quantitative estimate of drug-likeness (QED) is 0.791. The zero-order valence-corrected chi connectivity index (χ0v) is 15.4. The molecule has 0 fully saturated rings. The summed E-state index contributed by atoms with van der Waals surface area (Å²) in [6.45, 7) is 10.3. The third-order valence-corrected chi connectivity index (χ3v) is 4.87. The van der Waals surface area contributed by atoms with Crippen molar-refractivity contribution in [2.45, 2.75) is 58.1 Å². The monoisotopic (exact) mass is 342 g/mol. The second kappa shape index (κ2) is 6.98. The summed E-state index contributed by atoms with van der Waals surface area (Å²) >= 11 is 0. The maximum atomic E-state index is 12.7. The van der Waals surface area contributed by atoms with Crippen molar-refractivity contribution in [3.05, 3.63) is 28.8 Å². The molecule has 3 N–H and O–H groups in total. The topological polar surface area (TPSA) is 98.5 Å². The lowest BCUT2D eigenvalue weighted by atomic mass is 10.1. The van der Waals surface area contributed by atoms with Crippen molar-refractivity contribution in [1.82, 2.24) is 4.72 Å². The molecule has 130 valence electrons. The van der Waals surface area contributed by atoms with Crippen LogP contribution < -0.4 is 10.5 Å². The van der Waals surface area contributed by atoms with Crippen molar-refractivity contribution in [3.63, 3.8) is 0 Å². The summed E-state index contributed by atoms with van der Waals surface area (Å²) in [5.41, 5.74) is 7.05. The number of aryl methyl sites for hydroxylation is 3. The van der Waals surface area contributed by atoms with E-state index in [9.17, 15) is 13.2 Å². The van der Waals surface area contributed by atoms with Gasteiger partial charge < -0.3 is 10.5 Å². The molecule has 0 spiro atoms. The van der Waals surface area contributed by atoms with Gasteiger partial charge >= 0.3 is 5.97 Å². The molecule has 6 nitrogen and oxygen atoms in total. The normalized spacial score (nSPS) is 13.7. The summed E-state index contributed by atoms with van der Waals surface area (Å²) in [7, 11) is -3.88. The Morgan fingerprint density at radius 3 is 2.09 bits per heavy atom. The van der Waals surface area contributed by atoms with Crippen molar-refractivity contribution in [1.29, 1.82) is 0 Å². The van der Waals surface area contributed by atoms with E-state index in [0.717, 1.165) is 5.56 Å². The average Bonchev–Trinajstić information content (AvgIpc) is 2.31. The van der Waals surface area contributed by atoms with Crippen LogP contribution in [0.3, 0.4) is 0 Å². The summed E-state index contributed by atoms with van der Waals surface area (Å²) in [6.07, 6.45) is 0. The average molecular weight is 342 g/mol. The number of rotatable bonds is 5. The van der Waals surface area contributed by atoms with E-state index in [1.54, 1.807) is 46.8 Å². The molecule has 0 radical (unpaired) electrons. The predicted octanol–water partition coefficient (Wildman–Crippen LogP) is 1.56. The van der Waals surface area contributed by atoms with Gasteiger partial charge in [-0.15, -0.1) is 0 Å². The Labute approximate surface area is 138 Å². The van der Waals surface area contributed by atoms with E-state index in [-0.39, 0.29) is 11.4 Å². The first kappa shape index (κ1) is 19.6. The first-order valence-electron chi connectivity index (χ1n) is 7.40. The minimum Gasteiger partial charge on any atom is -0.459 e. The van der Waals surface area contributed by atoms with Gasteiger partial charge in [0.25, 0.3) is 0 Å². The van der Waals surface area contributed by atoms with E-state index >= 15 is 0 Å². The Bertz CT molecular complexity index is 668. The molecule has 1 rings (SSSR count). The summed E-state index contributed by atoms with van der Waals surface area (Å²) in [5.74, 6) is -0.689. The number of sulfonamides is 1. The van der Waals surface area contributed by atoms with Crippen LogP contribution in [0, 0.1) is 20.8 Å². The van der Waals surface area contributed by atoms with Crippen LogP contribution in [0.5, 0.6) is 0 Å². The molecule has 0 aromatic heterocycles. The van der Waals surface area contributed by atoms with Gasteiger partial charge in [-0.2, -0.15) is 4.72 Å². The van der Waals surface area contributed by atoms with Crippen molar-refractivity contribution in [2.24, 2.45) is 5.73 Å². The van der Waals surface area contributed by atoms with E-state index < -0.39 is 27.6 Å². The van der Waals surface area contributed by atoms with Gasteiger partial charge in [-0.1, -0.05) is 17.7 Å². The largest absolute Gasteiger partial charge is 0.459 e. The molecule has 0 aliphatic rings. The first-order chi connectivity index (χ1) is 10.4. The van der Waals surface area contributed by atoms with Crippen LogP contribution in [0.2, 0.25) is 0 Å². The zero-order chi connectivity index (χ0) is 18.0. The fourth-order valence-corrected chi connectivity index (χ4v) is 4.05. The van der Waals surface area contributed by atoms with E-state index in [1.165, 1.54) is 0 Å². The molecular weight excluding hydrogens is 316 g/mol. The van der Waals surface area contributed by atoms with Crippen molar-refractivity contribution >= 4 is 16.0 Å². The molecule has 0 aliphatic heterocycles. The van der Waals surface area contributed by atoms with Crippen LogP contribution in [0.1, 0.15) is 37.5 Å². The van der Waals surface area contributed by atoms with E-state index in [2.05, 4.69) is 4.72 Å². The third kappa shape index (κ3) is 5.30. The summed E-state index contributed by atoms with van der Waals surface area (Å²) in [4.78, 5) is 12.3. The van der Waals surface area contributed by atoms with Gasteiger partial charge in [-0.25, -0.2) is 8.42 Å². The van der Waals surface area contributed by atoms with Crippen molar-refractivity contribution < 1.29 is 17.9 Å². The Morgan fingerprint density at radius 2 is 1.70 bits per heavy atom. The Morgan fingerprint density at radius 1 is 1.22 bits per heavy atom. The molecule has 7 heteroatoms. The van der Waals surface area contributed by atoms with Crippen LogP contribution in [-0.2, 0) is 19.6 Å². The number of esters is 1. The molecule has 0 saturated heterocycles. The number of carbonyl (C=O) groups excluding carboxylic acids is 1. The van der Waals surface area contributed by atoms with Gasteiger partial charge in [0, 0.05) is 6.54 Å². The van der Waals surface area contributed by atoms with Crippen LogP contribution in [0.15, 0.2) is 17.0 Å². The molecule has 0 saturated carbocycles. The maximum Gasteiger partial charge on any atom is 0.326 e. The predicted molar refractivity (Wildman–Crippen MR) is 89.7 cm³/mol. The molecule has 1 atom stereocenters. The molecule has 0 bridgehead atoms. The number of hydrogen-bond acceptors (Lipinski definition) is 5. The highest BCUT2D eigenvalue weighted by Crippen LogP contribution is 2.22. The minimum absolute atomic E-state index is 0.171. The molecule has 0 unspecified atom stereocenters. The van der Waals surface area contributed by atoms with Gasteiger partial charge in [0.05, 0.1) is 4.90 Å². The lowest BCUT2D eigenvalue weighted by molar-refractivity contribution is -0.156. The minimum atomic E-state index is -3.88. The second-order valence-corrected chi connectivity index (χ2v) is 8.32. The highest BCUT2D eigenvalue weighted by atomic mass is 32.2. The highest BCUT2D eigenvalue weighted by molar-refractivity contribution is 7.89. The van der Waals surface area contributed by atoms with Crippen LogP contribution in [0.4, 0.5) is 0 Å². The highest BCUT2D eigenvalue weighted by Gasteiger charge is 2.30. The van der Waals surface area contributed by atoms with Gasteiger partial charge in [-0.05, 0) is 52.7 Å². The van der Waals surface area contributed by atoms with Gasteiger partial charge in [0.15, 0.2) is 0 Å². The smallest absolute Gasteiger partial charge is 0.326 e. The summed E-state index contributed by atoms with van der Waals surface area (Å²) < 4.78 is 32.9. The van der Waals surface area contributed by atoms with E-state index in [0.29, 0.717) is 11.1 Å². The van der Waals surface area contributed by atoms with Gasteiger partial charge in [-0.3, -0.25) is 4.79 Å². The summed E-state index contributed by atoms with van der Waals surface area (Å²) in [6, 6.07) is 2.44. The fourth-order valence-electron chi connectivity index (χ4n) is 2.40. The van der Waals surface area contributed by atoms with Crippen LogP contribution in [0.25, 0.3) is 0 Å². The molecule has 1 aromatic carbocycles. The number of carbonyl (C=O) groups is 1. The van der Waals surface area contributed by atoms with Gasteiger partial charge in [0.1, 0.15) is 11.6 Å². The lowest BCUT2D eigenvalue weighted by Gasteiger charge is -2.24. The van der Waals surface area contributed by atoms with Gasteiger partial charge in [0.2, 0.25) is 10.0 Å². The molecule has 0 heterocycles. The van der Waals surface area contributed by atoms with E-state index in [4.69, 9.17) is 10.5 Å². The third-order valence-electron chi connectivity index (χ3n) is 3.10. The zero-order valence-electron chi connectivity index (χ0n) is 14.6.